The van der Waals surface area contributed by atoms with Crippen molar-refractivity contribution < 1.29 is 4.79 Å². The number of carbonyl (C=O) groups is 1. The third-order valence-electron chi connectivity index (χ3n) is 4.90. The molecular weight excluding hydrogens is 352 g/mol. The van der Waals surface area contributed by atoms with Crippen molar-refractivity contribution in [1.82, 2.24) is 10.6 Å². The maximum absolute atomic E-state index is 12.7. The summed E-state index contributed by atoms with van der Waals surface area (Å²) in [5.74, 6) is 0.659. The van der Waals surface area contributed by atoms with Crippen LogP contribution in [0.4, 0.5) is 0 Å². The molecule has 3 nitrogen and oxygen atoms in total. The molecular formula is C20H27ClN2OS. The largest absolute Gasteiger partial charge is 0.344 e. The van der Waals surface area contributed by atoms with Crippen molar-refractivity contribution in [3.05, 3.63) is 57.8 Å². The van der Waals surface area contributed by atoms with Crippen LogP contribution in [0.25, 0.3) is 0 Å². The minimum atomic E-state index is -0.0522. The van der Waals surface area contributed by atoms with Crippen LogP contribution in [0.3, 0.4) is 0 Å². The number of thiophene rings is 1. The van der Waals surface area contributed by atoms with Crippen LogP contribution in [0.5, 0.6) is 0 Å². The van der Waals surface area contributed by atoms with Crippen molar-refractivity contribution in [2.24, 2.45) is 11.8 Å². The van der Waals surface area contributed by atoms with Crippen LogP contribution < -0.4 is 10.6 Å². The molecule has 2 unspecified atom stereocenters. The predicted octanol–water partition coefficient (Wildman–Crippen LogP) is 4.18. The van der Waals surface area contributed by atoms with Crippen molar-refractivity contribution in [2.45, 2.75) is 32.7 Å². The van der Waals surface area contributed by atoms with Gasteiger partial charge in [-0.2, -0.15) is 0 Å². The van der Waals surface area contributed by atoms with Crippen molar-refractivity contribution in [3.63, 3.8) is 0 Å². The monoisotopic (exact) mass is 378 g/mol. The molecule has 1 fully saturated rings. The maximum atomic E-state index is 12.7. The first kappa shape index (κ1) is 20.0. The van der Waals surface area contributed by atoms with Gasteiger partial charge >= 0.3 is 0 Å². The van der Waals surface area contributed by atoms with Gasteiger partial charge in [-0.15, -0.1) is 23.7 Å². The molecule has 0 saturated carbocycles. The average molecular weight is 379 g/mol. The molecule has 2 atom stereocenters. The molecule has 25 heavy (non-hydrogen) atoms. The number of rotatable bonds is 7. The third-order valence-corrected chi connectivity index (χ3v) is 5.84. The Kier molecular flexibility index (Phi) is 7.48. The van der Waals surface area contributed by atoms with Gasteiger partial charge in [-0.05, 0) is 48.0 Å². The fourth-order valence-electron chi connectivity index (χ4n) is 3.09. The first-order valence-corrected chi connectivity index (χ1v) is 9.70. The zero-order valence-electron chi connectivity index (χ0n) is 14.8. The number of amides is 1. The van der Waals surface area contributed by atoms with Gasteiger partial charge < -0.3 is 10.6 Å². The Labute approximate surface area is 160 Å². The van der Waals surface area contributed by atoms with E-state index in [0.29, 0.717) is 5.92 Å². The predicted molar refractivity (Wildman–Crippen MR) is 108 cm³/mol. The summed E-state index contributed by atoms with van der Waals surface area (Å²) in [6.07, 6.45) is 2.25. The first-order chi connectivity index (χ1) is 11.7. The second-order valence-electron chi connectivity index (χ2n) is 6.66. The van der Waals surface area contributed by atoms with E-state index in [2.05, 4.69) is 53.3 Å². The number of benzene rings is 1. The molecule has 1 amide bonds. The summed E-state index contributed by atoms with van der Waals surface area (Å²) in [6, 6.07) is 12.8. The molecule has 2 heterocycles. The van der Waals surface area contributed by atoms with Gasteiger partial charge in [0.05, 0.1) is 6.04 Å². The van der Waals surface area contributed by atoms with E-state index in [-0.39, 0.29) is 30.3 Å². The number of carbonyl (C=O) groups excluding carboxylic acids is 1. The standard InChI is InChI=1S/C20H26N2OS.ClH/c1-3-5-15-7-9-16(10-8-15)19(18-6-4-11-24-18)22-20(23)14(2)17-12-21-13-17;/h4,6-11,14,17,19,21H,3,5,12-13H2,1-2H3,(H,22,23);1H. The van der Waals surface area contributed by atoms with Crippen LogP contribution >= 0.6 is 23.7 Å². The normalized spacial score (nSPS) is 16.4. The minimum absolute atomic E-state index is 0. The summed E-state index contributed by atoms with van der Waals surface area (Å²) in [4.78, 5) is 13.9. The van der Waals surface area contributed by atoms with E-state index in [1.807, 2.05) is 13.0 Å². The van der Waals surface area contributed by atoms with Gasteiger partial charge in [0.1, 0.15) is 0 Å². The molecule has 3 rings (SSSR count). The van der Waals surface area contributed by atoms with Gasteiger partial charge in [-0.1, -0.05) is 50.6 Å². The molecule has 1 aromatic heterocycles. The Bertz CT molecular complexity index is 653. The Morgan fingerprint density at radius 3 is 2.52 bits per heavy atom. The lowest BCUT2D eigenvalue weighted by Gasteiger charge is -2.32. The number of hydrogen-bond donors (Lipinski definition) is 2. The number of halogens is 1. The molecule has 0 aliphatic carbocycles. The van der Waals surface area contributed by atoms with Crippen LogP contribution in [0.2, 0.25) is 0 Å². The SMILES string of the molecule is CCCc1ccc(C(NC(=O)C(C)C2CNC2)c2cccs2)cc1.Cl. The highest BCUT2D eigenvalue weighted by molar-refractivity contribution is 7.10. The fourth-order valence-corrected chi connectivity index (χ4v) is 3.89. The van der Waals surface area contributed by atoms with Crippen LogP contribution in [0.1, 0.15) is 42.3 Å². The van der Waals surface area contributed by atoms with Gasteiger partial charge in [-0.25, -0.2) is 0 Å². The van der Waals surface area contributed by atoms with E-state index < -0.39 is 0 Å². The van der Waals surface area contributed by atoms with Gasteiger partial charge in [0.25, 0.3) is 0 Å². The zero-order valence-corrected chi connectivity index (χ0v) is 16.5. The van der Waals surface area contributed by atoms with E-state index >= 15 is 0 Å². The molecule has 0 bridgehead atoms. The molecule has 1 aliphatic rings. The molecule has 136 valence electrons. The van der Waals surface area contributed by atoms with E-state index in [4.69, 9.17) is 0 Å². The van der Waals surface area contributed by atoms with Crippen molar-refractivity contribution >= 4 is 29.7 Å². The van der Waals surface area contributed by atoms with Crippen molar-refractivity contribution in [3.8, 4) is 0 Å². The van der Waals surface area contributed by atoms with Gasteiger partial charge in [-0.3, -0.25) is 4.79 Å². The molecule has 2 aromatic rings. The number of aryl methyl sites for hydroxylation is 1. The molecule has 1 aliphatic heterocycles. The second kappa shape index (κ2) is 9.37. The Hall–Kier alpha value is -1.36. The maximum Gasteiger partial charge on any atom is 0.223 e. The smallest absolute Gasteiger partial charge is 0.223 e. The van der Waals surface area contributed by atoms with Crippen molar-refractivity contribution in [2.75, 3.05) is 13.1 Å². The fraction of sp³-hybridized carbons (Fsp3) is 0.450. The molecule has 5 heteroatoms. The van der Waals surface area contributed by atoms with Crippen LogP contribution in [-0.2, 0) is 11.2 Å². The Morgan fingerprint density at radius 2 is 2.00 bits per heavy atom. The number of nitrogens with one attached hydrogen (secondary N) is 2. The van der Waals surface area contributed by atoms with Crippen molar-refractivity contribution in [1.29, 1.82) is 0 Å². The first-order valence-electron chi connectivity index (χ1n) is 8.82. The molecule has 0 spiro atoms. The summed E-state index contributed by atoms with van der Waals surface area (Å²) in [6.45, 7) is 6.13. The topological polar surface area (TPSA) is 41.1 Å². The van der Waals surface area contributed by atoms with Crippen LogP contribution in [-0.4, -0.2) is 19.0 Å². The van der Waals surface area contributed by atoms with Gasteiger partial charge in [0.15, 0.2) is 0 Å². The molecule has 2 N–H and O–H groups in total. The molecule has 1 saturated heterocycles. The summed E-state index contributed by atoms with van der Waals surface area (Å²) in [5, 5.41) is 8.60. The van der Waals surface area contributed by atoms with E-state index in [0.717, 1.165) is 31.5 Å². The summed E-state index contributed by atoms with van der Waals surface area (Å²) in [7, 11) is 0. The average Bonchev–Trinajstić information content (AvgIpc) is 3.06. The quantitative estimate of drug-likeness (QED) is 0.758. The Morgan fingerprint density at radius 1 is 1.28 bits per heavy atom. The molecule has 1 aromatic carbocycles. The summed E-state index contributed by atoms with van der Waals surface area (Å²) < 4.78 is 0. The molecule has 0 radical (unpaired) electrons. The minimum Gasteiger partial charge on any atom is -0.344 e. The van der Waals surface area contributed by atoms with Gasteiger partial charge in [0, 0.05) is 10.8 Å². The Balaban J connectivity index is 0.00000225. The van der Waals surface area contributed by atoms with E-state index in [1.54, 1.807) is 11.3 Å². The summed E-state index contributed by atoms with van der Waals surface area (Å²) >= 11 is 1.70. The lowest BCUT2D eigenvalue weighted by atomic mass is 9.88. The zero-order chi connectivity index (χ0) is 16.9. The highest BCUT2D eigenvalue weighted by atomic mass is 35.5. The van der Waals surface area contributed by atoms with E-state index in [9.17, 15) is 4.79 Å². The summed E-state index contributed by atoms with van der Waals surface area (Å²) in [5.41, 5.74) is 2.51. The lowest BCUT2D eigenvalue weighted by Crippen LogP contribution is -2.50. The van der Waals surface area contributed by atoms with Gasteiger partial charge in [0.2, 0.25) is 5.91 Å². The lowest BCUT2D eigenvalue weighted by molar-refractivity contribution is -0.127. The van der Waals surface area contributed by atoms with Crippen LogP contribution in [0, 0.1) is 11.8 Å². The van der Waals surface area contributed by atoms with Crippen LogP contribution in [0.15, 0.2) is 41.8 Å². The highest BCUT2D eigenvalue weighted by Crippen LogP contribution is 2.28. The third kappa shape index (κ3) is 4.84. The number of hydrogen-bond acceptors (Lipinski definition) is 3. The van der Waals surface area contributed by atoms with E-state index in [1.165, 1.54) is 10.4 Å². The highest BCUT2D eigenvalue weighted by Gasteiger charge is 2.30. The second-order valence-corrected chi connectivity index (χ2v) is 7.63.